The molecule has 0 aliphatic heterocycles. The van der Waals surface area contributed by atoms with Gasteiger partial charge in [-0.15, -0.1) is 0 Å². The first-order valence-corrected chi connectivity index (χ1v) is 15.5. The molecule has 0 saturated heterocycles. The van der Waals surface area contributed by atoms with Crippen LogP contribution >= 0.6 is 0 Å². The zero-order valence-corrected chi connectivity index (χ0v) is 24.9. The van der Waals surface area contributed by atoms with Crippen molar-refractivity contribution in [1.82, 2.24) is 9.13 Å². The minimum atomic E-state index is 0.649. The molecule has 0 N–H and O–H groups in total. The smallest absolute Gasteiger partial charge is 0.101 e. The summed E-state index contributed by atoms with van der Waals surface area (Å²) in [7, 11) is 0. The van der Waals surface area contributed by atoms with Crippen molar-refractivity contribution in [3.63, 3.8) is 0 Å². The molecule has 2 aromatic heterocycles. The fourth-order valence-corrected chi connectivity index (χ4v) is 7.30. The molecule has 3 heteroatoms. The second-order valence-corrected chi connectivity index (χ2v) is 11.6. The molecule has 9 rings (SSSR count). The van der Waals surface area contributed by atoms with Crippen LogP contribution in [0.1, 0.15) is 5.56 Å². The number of fused-ring (bicyclic) bond motifs is 6. The van der Waals surface area contributed by atoms with E-state index in [9.17, 15) is 5.26 Å². The van der Waals surface area contributed by atoms with Gasteiger partial charge in [-0.05, 0) is 59.2 Å². The van der Waals surface area contributed by atoms with Gasteiger partial charge in [0.25, 0.3) is 0 Å². The summed E-state index contributed by atoms with van der Waals surface area (Å²) in [6.45, 7) is 0. The van der Waals surface area contributed by atoms with Crippen LogP contribution in [-0.4, -0.2) is 9.13 Å². The fourth-order valence-electron chi connectivity index (χ4n) is 7.30. The van der Waals surface area contributed by atoms with Crippen LogP contribution in [0.15, 0.2) is 164 Å². The summed E-state index contributed by atoms with van der Waals surface area (Å²) in [5, 5.41) is 14.8. The molecule has 0 aliphatic carbocycles. The van der Waals surface area contributed by atoms with Gasteiger partial charge in [0, 0.05) is 32.8 Å². The Kier molecular flexibility index (Phi) is 5.88. The van der Waals surface area contributed by atoms with Crippen molar-refractivity contribution in [2.75, 3.05) is 0 Å². The largest absolute Gasteiger partial charge is 0.309 e. The topological polar surface area (TPSA) is 33.6 Å². The van der Waals surface area contributed by atoms with Crippen LogP contribution in [0.2, 0.25) is 0 Å². The monoisotopic (exact) mass is 585 g/mol. The van der Waals surface area contributed by atoms with Crippen LogP contribution in [0.3, 0.4) is 0 Å². The molecule has 0 atom stereocenters. The summed E-state index contributed by atoms with van der Waals surface area (Å²) in [6, 6.07) is 60.1. The first-order chi connectivity index (χ1) is 22.8. The highest BCUT2D eigenvalue weighted by Gasteiger charge is 2.21. The Morgan fingerprint density at radius 3 is 1.74 bits per heavy atom. The van der Waals surface area contributed by atoms with Gasteiger partial charge in [-0.3, -0.25) is 0 Å². The number of nitrogens with zero attached hydrogens (tertiary/aromatic N) is 3. The Morgan fingerprint density at radius 1 is 0.391 bits per heavy atom. The Balaban J connectivity index is 1.38. The Morgan fingerprint density at radius 2 is 0.935 bits per heavy atom. The highest BCUT2D eigenvalue weighted by molar-refractivity contribution is 6.19. The van der Waals surface area contributed by atoms with Crippen molar-refractivity contribution in [2.24, 2.45) is 0 Å². The maximum absolute atomic E-state index is 10.0. The van der Waals surface area contributed by atoms with Gasteiger partial charge in [-0.25, -0.2) is 0 Å². The van der Waals surface area contributed by atoms with Crippen molar-refractivity contribution in [3.05, 3.63) is 169 Å². The van der Waals surface area contributed by atoms with E-state index in [1.807, 2.05) is 24.3 Å². The molecule has 0 saturated carbocycles. The summed E-state index contributed by atoms with van der Waals surface area (Å²) in [4.78, 5) is 0. The molecule has 0 bridgehead atoms. The van der Waals surface area contributed by atoms with Gasteiger partial charge in [0.15, 0.2) is 0 Å². The van der Waals surface area contributed by atoms with Crippen LogP contribution in [0.4, 0.5) is 0 Å². The van der Waals surface area contributed by atoms with Gasteiger partial charge in [0.05, 0.1) is 33.3 Å². The molecule has 0 fully saturated rings. The van der Waals surface area contributed by atoms with E-state index in [4.69, 9.17) is 0 Å². The standard InChI is InChI=1S/C43H27N3/c44-28-29-14-4-9-24-38(29)46-40-26-11-8-20-37(40)42-34(21-13-27-41(42)46)31-17-5-6-18-32(31)35-22-12-23-36-33-19-7-10-25-39(33)45(43(35)36)30-15-2-1-3-16-30/h1-27H. The Labute approximate surface area is 266 Å². The maximum Gasteiger partial charge on any atom is 0.101 e. The zero-order valence-electron chi connectivity index (χ0n) is 24.9. The molecule has 46 heavy (non-hydrogen) atoms. The highest BCUT2D eigenvalue weighted by atomic mass is 15.0. The molecule has 0 amide bonds. The van der Waals surface area contributed by atoms with Crippen molar-refractivity contribution in [1.29, 1.82) is 5.26 Å². The Bertz CT molecular complexity index is 2650. The van der Waals surface area contributed by atoms with Crippen LogP contribution in [0.25, 0.3) is 77.2 Å². The molecule has 0 aliphatic rings. The summed E-state index contributed by atoms with van der Waals surface area (Å²) in [6.07, 6.45) is 0. The average Bonchev–Trinajstić information content (AvgIpc) is 3.65. The van der Waals surface area contributed by atoms with E-state index in [0.29, 0.717) is 5.56 Å². The van der Waals surface area contributed by atoms with E-state index in [0.717, 1.165) is 33.4 Å². The summed E-state index contributed by atoms with van der Waals surface area (Å²) in [5.74, 6) is 0. The lowest BCUT2D eigenvalue weighted by molar-refractivity contribution is 1.17. The molecule has 0 unspecified atom stereocenters. The van der Waals surface area contributed by atoms with Gasteiger partial charge < -0.3 is 9.13 Å². The average molecular weight is 586 g/mol. The van der Waals surface area contributed by atoms with Crippen molar-refractivity contribution in [2.45, 2.75) is 0 Å². The molecule has 0 spiro atoms. The van der Waals surface area contributed by atoms with Crippen molar-refractivity contribution < 1.29 is 0 Å². The lowest BCUT2D eigenvalue weighted by atomic mass is 9.91. The normalized spacial score (nSPS) is 11.5. The molecular formula is C43H27N3. The highest BCUT2D eigenvalue weighted by Crippen LogP contribution is 2.45. The van der Waals surface area contributed by atoms with E-state index in [2.05, 4.69) is 155 Å². The van der Waals surface area contributed by atoms with Crippen LogP contribution in [0, 0.1) is 11.3 Å². The zero-order chi connectivity index (χ0) is 30.6. The quantitative estimate of drug-likeness (QED) is 0.202. The summed E-state index contributed by atoms with van der Waals surface area (Å²) < 4.78 is 4.64. The van der Waals surface area contributed by atoms with E-state index >= 15 is 0 Å². The molecule has 214 valence electrons. The third-order valence-corrected chi connectivity index (χ3v) is 9.18. The second-order valence-electron chi connectivity index (χ2n) is 11.6. The maximum atomic E-state index is 10.0. The molecular weight excluding hydrogens is 558 g/mol. The molecule has 3 nitrogen and oxygen atoms in total. The Hall–Kier alpha value is -6.37. The van der Waals surface area contributed by atoms with E-state index in [1.54, 1.807) is 0 Å². The number of hydrogen-bond donors (Lipinski definition) is 0. The van der Waals surface area contributed by atoms with Gasteiger partial charge >= 0.3 is 0 Å². The minimum Gasteiger partial charge on any atom is -0.309 e. The third-order valence-electron chi connectivity index (χ3n) is 9.18. The first-order valence-electron chi connectivity index (χ1n) is 15.5. The molecule has 9 aromatic rings. The van der Waals surface area contributed by atoms with E-state index in [-0.39, 0.29) is 0 Å². The predicted molar refractivity (Wildman–Crippen MR) is 191 cm³/mol. The number of para-hydroxylation sites is 5. The number of benzene rings is 7. The number of aromatic nitrogens is 2. The number of nitriles is 1. The SMILES string of the molecule is N#Cc1ccccc1-n1c2ccccc2c2c(-c3ccccc3-c3cccc4c5ccccc5n(-c5ccccc5)c34)cccc21. The molecule has 7 aromatic carbocycles. The lowest BCUT2D eigenvalue weighted by Gasteiger charge is -2.16. The van der Waals surface area contributed by atoms with Gasteiger partial charge in [0.2, 0.25) is 0 Å². The number of hydrogen-bond acceptors (Lipinski definition) is 1. The molecule has 0 radical (unpaired) electrons. The number of rotatable bonds is 4. The van der Waals surface area contributed by atoms with Crippen molar-refractivity contribution in [3.8, 4) is 39.7 Å². The van der Waals surface area contributed by atoms with Crippen LogP contribution in [0.5, 0.6) is 0 Å². The van der Waals surface area contributed by atoms with Crippen molar-refractivity contribution >= 4 is 43.6 Å². The first kappa shape index (κ1) is 26.1. The van der Waals surface area contributed by atoms with Crippen LogP contribution in [-0.2, 0) is 0 Å². The van der Waals surface area contributed by atoms with Gasteiger partial charge in [-0.1, -0.05) is 121 Å². The summed E-state index contributed by atoms with van der Waals surface area (Å²) >= 11 is 0. The summed E-state index contributed by atoms with van der Waals surface area (Å²) in [5.41, 5.74) is 11.9. The van der Waals surface area contributed by atoms with Crippen LogP contribution < -0.4 is 0 Å². The second kappa shape index (κ2) is 10.4. The van der Waals surface area contributed by atoms with Gasteiger partial charge in [0.1, 0.15) is 6.07 Å². The van der Waals surface area contributed by atoms with E-state index in [1.165, 1.54) is 43.9 Å². The van der Waals surface area contributed by atoms with E-state index < -0.39 is 0 Å². The minimum absolute atomic E-state index is 0.649. The predicted octanol–water partition coefficient (Wildman–Crippen LogP) is 11.1. The third kappa shape index (κ3) is 3.78. The lowest BCUT2D eigenvalue weighted by Crippen LogP contribution is -1.97. The molecule has 2 heterocycles. The fraction of sp³-hybridized carbons (Fsp3) is 0. The van der Waals surface area contributed by atoms with Gasteiger partial charge in [-0.2, -0.15) is 5.26 Å².